The summed E-state index contributed by atoms with van der Waals surface area (Å²) in [6.07, 6.45) is 0. The van der Waals surface area contributed by atoms with E-state index in [2.05, 4.69) is 0 Å². The van der Waals surface area contributed by atoms with Gasteiger partial charge in [-0.2, -0.15) is 0 Å². The van der Waals surface area contributed by atoms with Crippen LogP contribution in [0.3, 0.4) is 0 Å². The van der Waals surface area contributed by atoms with E-state index in [1.165, 1.54) is 0 Å². The van der Waals surface area contributed by atoms with Crippen LogP contribution in [0.4, 0.5) is 0 Å². The number of rotatable bonds is 0. The summed E-state index contributed by atoms with van der Waals surface area (Å²) in [5, 5.41) is 0. The van der Waals surface area contributed by atoms with Crippen molar-refractivity contribution in [1.29, 1.82) is 0 Å². The van der Waals surface area contributed by atoms with Crippen LogP contribution in [0, 0.1) is 35.6 Å². The average Bonchev–Trinajstić information content (AvgIpc) is 0. The van der Waals surface area contributed by atoms with Crippen molar-refractivity contribution in [3.63, 3.8) is 0 Å². The standard InChI is InChI=1S/Al.La.Mg.Mn.5H. The van der Waals surface area contributed by atoms with Crippen LogP contribution in [-0.4, -0.2) is 40.4 Å². The van der Waals surface area contributed by atoms with Crippen LogP contribution < -0.4 is 0 Å². The zero-order valence-corrected chi connectivity index (χ0v) is 5.76. The van der Waals surface area contributed by atoms with Gasteiger partial charge < -0.3 is 0 Å². The third-order valence-electron chi connectivity index (χ3n) is 0. The van der Waals surface area contributed by atoms with Gasteiger partial charge in [0.05, 0.1) is 0 Å². The SMILES string of the molecule is [AlH3].[La].[MgH2].[Mn]. The Morgan fingerprint density at radius 1 is 1.00 bits per heavy atom. The van der Waals surface area contributed by atoms with Gasteiger partial charge in [-0.15, -0.1) is 0 Å². The predicted molar refractivity (Wildman–Crippen MR) is 18.5 cm³/mol. The average molecular weight is 250 g/mol. The van der Waals surface area contributed by atoms with Crippen LogP contribution in [0.25, 0.3) is 0 Å². The molecule has 0 fully saturated rings. The molecule has 0 N–H and O–H groups in total. The molecule has 0 bridgehead atoms. The Morgan fingerprint density at radius 3 is 1.00 bits per heavy atom. The molecule has 0 aliphatic carbocycles. The van der Waals surface area contributed by atoms with Gasteiger partial charge >= 0.3 is 23.1 Å². The molecule has 0 unspecified atom stereocenters. The van der Waals surface area contributed by atoms with Gasteiger partial charge in [-0.3, -0.25) is 0 Å². The van der Waals surface area contributed by atoms with E-state index in [1.807, 2.05) is 0 Å². The molecule has 0 saturated heterocycles. The molecule has 0 aromatic carbocycles. The largest absolute Gasteiger partial charge is 0.316 e. The minimum absolute atomic E-state index is 0. The van der Waals surface area contributed by atoms with Gasteiger partial charge in [0, 0.05) is 52.7 Å². The van der Waals surface area contributed by atoms with E-state index in [-0.39, 0.29) is 93.1 Å². The van der Waals surface area contributed by atoms with Gasteiger partial charge in [0.25, 0.3) is 0 Å². The molecule has 20 valence electrons. The topological polar surface area (TPSA) is 0 Å². The summed E-state index contributed by atoms with van der Waals surface area (Å²) >= 11 is 0. The molecule has 0 saturated carbocycles. The van der Waals surface area contributed by atoms with Gasteiger partial charge in [-0.1, -0.05) is 0 Å². The first-order valence-corrected chi connectivity index (χ1v) is 0. The summed E-state index contributed by atoms with van der Waals surface area (Å²) in [5.74, 6) is 0. The van der Waals surface area contributed by atoms with Crippen molar-refractivity contribution >= 4 is 40.4 Å². The first-order valence-electron chi connectivity index (χ1n) is 0. The molecule has 4 heteroatoms. The second kappa shape index (κ2) is 16.6. The predicted octanol–water partition coefficient (Wildman–Crippen LogP) is -2.10. The molecule has 4 heavy (non-hydrogen) atoms. The Kier molecular flexibility index (Phi) is 116. The number of hydrogen-bond acceptors (Lipinski definition) is 0. The van der Waals surface area contributed by atoms with Crippen LogP contribution in [0.5, 0.6) is 0 Å². The van der Waals surface area contributed by atoms with Crippen molar-refractivity contribution in [2.45, 2.75) is 0 Å². The quantitative estimate of drug-likeness (QED) is 0.432. The third-order valence-corrected chi connectivity index (χ3v) is 0. The van der Waals surface area contributed by atoms with Crippen molar-refractivity contribution in [1.82, 2.24) is 0 Å². The molecule has 0 aromatic heterocycles. The molecule has 0 spiro atoms. The summed E-state index contributed by atoms with van der Waals surface area (Å²) < 4.78 is 0. The number of hydrogen-bond donors (Lipinski definition) is 0. The van der Waals surface area contributed by atoms with Crippen molar-refractivity contribution in [2.75, 3.05) is 0 Å². The minimum atomic E-state index is 0. The maximum Gasteiger partial charge on any atom is 0.316 e. The Labute approximate surface area is 91.2 Å². The van der Waals surface area contributed by atoms with Gasteiger partial charge in [0.15, 0.2) is 17.4 Å². The normalized spacial score (nSPS) is 0. The van der Waals surface area contributed by atoms with Crippen LogP contribution in [0.1, 0.15) is 0 Å². The van der Waals surface area contributed by atoms with E-state index < -0.39 is 0 Å². The fraction of sp³-hybridized carbons (Fsp3) is 0. The van der Waals surface area contributed by atoms with Crippen molar-refractivity contribution in [2.24, 2.45) is 0 Å². The van der Waals surface area contributed by atoms with Gasteiger partial charge in [0.1, 0.15) is 0 Å². The maximum absolute atomic E-state index is 0. The Hall–Kier alpha value is 3.01. The molecule has 0 amide bonds. The van der Waals surface area contributed by atoms with Crippen molar-refractivity contribution in [3.8, 4) is 0 Å². The van der Waals surface area contributed by atoms with Crippen molar-refractivity contribution < 1.29 is 52.7 Å². The second-order valence-corrected chi connectivity index (χ2v) is 0. The smallest absolute Gasteiger partial charge is 0 e. The summed E-state index contributed by atoms with van der Waals surface area (Å²) in [5.41, 5.74) is 0. The molecule has 0 aliphatic heterocycles. The van der Waals surface area contributed by atoms with Gasteiger partial charge in [-0.25, -0.2) is 0 Å². The van der Waals surface area contributed by atoms with Crippen molar-refractivity contribution in [3.05, 3.63) is 0 Å². The van der Waals surface area contributed by atoms with E-state index >= 15 is 0 Å². The fourth-order valence-electron chi connectivity index (χ4n) is 0. The van der Waals surface area contributed by atoms with Crippen LogP contribution in [0.2, 0.25) is 0 Å². The molecule has 0 heterocycles. The molecule has 0 atom stereocenters. The summed E-state index contributed by atoms with van der Waals surface area (Å²) in [7, 11) is 0. The molecule has 0 rings (SSSR count). The fourth-order valence-corrected chi connectivity index (χ4v) is 0. The van der Waals surface area contributed by atoms with E-state index in [0.29, 0.717) is 0 Å². The molecule has 0 aliphatic rings. The van der Waals surface area contributed by atoms with E-state index in [9.17, 15) is 0 Å². The molecule has 0 aromatic rings. The molecular weight excluding hydrogens is 245 g/mol. The third kappa shape index (κ3) is 8.89. The molecule has 2 radical (unpaired) electrons. The Morgan fingerprint density at radius 2 is 1.00 bits per heavy atom. The molecular formula is H5AlLaMgMn. The first-order chi connectivity index (χ1) is 0. The first kappa shape index (κ1) is 27.9. The second-order valence-electron chi connectivity index (χ2n) is 0. The van der Waals surface area contributed by atoms with Crippen LogP contribution in [0.15, 0.2) is 0 Å². The van der Waals surface area contributed by atoms with E-state index in [0.717, 1.165) is 0 Å². The van der Waals surface area contributed by atoms with Gasteiger partial charge in [0.2, 0.25) is 0 Å². The Balaban J connectivity index is 0. The minimum Gasteiger partial charge on any atom is 0 e. The summed E-state index contributed by atoms with van der Waals surface area (Å²) in [6, 6.07) is 0. The van der Waals surface area contributed by atoms with E-state index in [1.54, 1.807) is 0 Å². The molecule has 0 nitrogen and oxygen atoms in total. The maximum atomic E-state index is 0. The van der Waals surface area contributed by atoms with E-state index in [4.69, 9.17) is 0 Å². The summed E-state index contributed by atoms with van der Waals surface area (Å²) in [6.45, 7) is 0. The summed E-state index contributed by atoms with van der Waals surface area (Å²) in [4.78, 5) is 0. The Bertz CT molecular complexity index is 8.00. The van der Waals surface area contributed by atoms with Gasteiger partial charge in [-0.05, 0) is 0 Å². The van der Waals surface area contributed by atoms with Crippen LogP contribution >= 0.6 is 0 Å². The monoisotopic (exact) mass is 250 g/mol. The van der Waals surface area contributed by atoms with Crippen LogP contribution in [-0.2, 0) is 17.1 Å². The zero-order valence-electron chi connectivity index (χ0n) is 0.955. The zero-order chi connectivity index (χ0) is 0.